The Kier molecular flexibility index (Phi) is 5.09. The number of nitrogens with two attached hydrogens (primary N) is 1. The van der Waals surface area contributed by atoms with E-state index in [9.17, 15) is 13.6 Å². The van der Waals surface area contributed by atoms with Gasteiger partial charge in [-0.1, -0.05) is 13.8 Å². The van der Waals surface area contributed by atoms with Crippen LogP contribution in [0.4, 0.5) is 8.78 Å². The maximum Gasteiger partial charge on any atom is 0.272 e. The van der Waals surface area contributed by atoms with Crippen molar-refractivity contribution in [1.82, 2.24) is 15.1 Å². The van der Waals surface area contributed by atoms with Gasteiger partial charge in [-0.2, -0.15) is 5.10 Å². The van der Waals surface area contributed by atoms with Crippen molar-refractivity contribution in [2.24, 2.45) is 5.73 Å². The van der Waals surface area contributed by atoms with Crippen molar-refractivity contribution >= 4 is 5.91 Å². The highest BCUT2D eigenvalue weighted by Gasteiger charge is 2.32. The molecule has 1 heterocycles. The van der Waals surface area contributed by atoms with E-state index in [2.05, 4.69) is 10.4 Å². The summed E-state index contributed by atoms with van der Waals surface area (Å²) in [5, 5.41) is 7.47. The Morgan fingerprint density at radius 3 is 2.62 bits per heavy atom. The van der Waals surface area contributed by atoms with Gasteiger partial charge in [0.25, 0.3) is 5.91 Å². The molecule has 0 radical (unpaired) electrons. The first-order valence-electron chi connectivity index (χ1n) is 9.03. The van der Waals surface area contributed by atoms with Crippen LogP contribution in [0.1, 0.15) is 54.9 Å². The highest BCUT2D eigenvalue weighted by molar-refractivity contribution is 5.94. The Bertz CT molecular complexity index is 819. The van der Waals surface area contributed by atoms with Crippen LogP contribution < -0.4 is 11.1 Å². The molecule has 1 aromatic carbocycles. The highest BCUT2D eigenvalue weighted by atomic mass is 19.2. The molecule has 26 heavy (non-hydrogen) atoms. The zero-order valence-electron chi connectivity index (χ0n) is 15.1. The fourth-order valence-corrected chi connectivity index (χ4v) is 3.52. The number of aromatic nitrogens is 2. The number of nitrogens with zero attached hydrogens (tertiary/aromatic N) is 2. The fraction of sp³-hybridized carbons (Fsp3) is 0.474. The van der Waals surface area contributed by atoms with Gasteiger partial charge in [0, 0.05) is 23.9 Å². The molecule has 0 atom stereocenters. The molecule has 1 amide bonds. The maximum absolute atomic E-state index is 13.6. The lowest BCUT2D eigenvalue weighted by Gasteiger charge is -2.31. The molecule has 0 spiro atoms. The van der Waals surface area contributed by atoms with E-state index in [1.807, 2.05) is 13.8 Å². The monoisotopic (exact) mass is 362 g/mol. The normalized spacial score (nSPS) is 13.7. The Morgan fingerprint density at radius 1 is 1.27 bits per heavy atom. The molecule has 140 valence electrons. The predicted molar refractivity (Wildman–Crippen MR) is 95.3 cm³/mol. The zero-order chi connectivity index (χ0) is 18.9. The number of fused-ring (bicyclic) bond motifs is 1. The molecule has 7 heteroatoms. The number of halogens is 2. The van der Waals surface area contributed by atoms with Crippen LogP contribution in [0.15, 0.2) is 18.2 Å². The molecule has 0 fully saturated rings. The first-order chi connectivity index (χ1) is 12.4. The third-order valence-electron chi connectivity index (χ3n) is 5.42. The Hall–Kier alpha value is -2.28. The lowest BCUT2D eigenvalue weighted by atomic mass is 9.92. The van der Waals surface area contributed by atoms with Crippen molar-refractivity contribution in [2.45, 2.75) is 51.5 Å². The van der Waals surface area contributed by atoms with Crippen molar-refractivity contribution in [3.05, 3.63) is 46.8 Å². The average molecular weight is 362 g/mol. The van der Waals surface area contributed by atoms with Crippen molar-refractivity contribution in [3.63, 3.8) is 0 Å². The minimum atomic E-state index is -0.935. The summed E-state index contributed by atoms with van der Waals surface area (Å²) in [5.74, 6) is -2.11. The van der Waals surface area contributed by atoms with E-state index in [0.717, 1.165) is 55.5 Å². The molecule has 3 rings (SSSR count). The SMILES string of the molecule is CCC(CC)(CN)NC(=O)c1nn(-c2ccc(F)c(F)c2)c2c1CCC2. The van der Waals surface area contributed by atoms with Crippen LogP contribution in [-0.2, 0) is 12.8 Å². The van der Waals surface area contributed by atoms with Gasteiger partial charge in [0.05, 0.1) is 11.2 Å². The first-order valence-corrected chi connectivity index (χ1v) is 9.03. The van der Waals surface area contributed by atoms with Gasteiger partial charge in [0.2, 0.25) is 0 Å². The summed E-state index contributed by atoms with van der Waals surface area (Å²) in [6.45, 7) is 4.32. The number of carbonyl (C=O) groups excluding carboxylic acids is 1. The van der Waals surface area contributed by atoms with Crippen molar-refractivity contribution in [3.8, 4) is 5.69 Å². The summed E-state index contributed by atoms with van der Waals surface area (Å²) in [6, 6.07) is 3.64. The quantitative estimate of drug-likeness (QED) is 0.830. The van der Waals surface area contributed by atoms with Gasteiger partial charge in [-0.3, -0.25) is 4.79 Å². The van der Waals surface area contributed by atoms with Gasteiger partial charge in [0.15, 0.2) is 17.3 Å². The standard InChI is InChI=1S/C19H24F2N4O/c1-3-19(4-2,11-22)23-18(26)17-13-6-5-7-16(13)25(24-17)12-8-9-14(20)15(21)10-12/h8-10H,3-7,11,22H2,1-2H3,(H,23,26). The average Bonchev–Trinajstić information content (AvgIpc) is 3.24. The Labute approximate surface area is 151 Å². The number of hydrogen-bond acceptors (Lipinski definition) is 3. The van der Waals surface area contributed by atoms with Crippen molar-refractivity contribution in [1.29, 1.82) is 0 Å². The van der Waals surface area contributed by atoms with Crippen molar-refractivity contribution < 1.29 is 13.6 Å². The molecule has 3 N–H and O–H groups in total. The van der Waals surface area contributed by atoms with E-state index in [-0.39, 0.29) is 5.91 Å². The largest absolute Gasteiger partial charge is 0.344 e. The van der Waals surface area contributed by atoms with E-state index >= 15 is 0 Å². The second-order valence-electron chi connectivity index (χ2n) is 6.78. The molecule has 2 aromatic rings. The third-order valence-corrected chi connectivity index (χ3v) is 5.42. The number of carbonyl (C=O) groups is 1. The summed E-state index contributed by atoms with van der Waals surface area (Å²) in [7, 11) is 0. The Morgan fingerprint density at radius 2 is 2.00 bits per heavy atom. The molecule has 0 saturated carbocycles. The predicted octanol–water partition coefficient (Wildman–Crippen LogP) is 2.89. The molecule has 0 aliphatic heterocycles. The topological polar surface area (TPSA) is 72.9 Å². The summed E-state index contributed by atoms with van der Waals surface area (Å²) in [6.07, 6.45) is 3.84. The van der Waals surface area contributed by atoms with Crippen LogP contribution in [0.3, 0.4) is 0 Å². The van der Waals surface area contributed by atoms with Crippen LogP contribution >= 0.6 is 0 Å². The second-order valence-corrected chi connectivity index (χ2v) is 6.78. The van der Waals surface area contributed by atoms with Crippen molar-refractivity contribution in [2.75, 3.05) is 6.54 Å². The maximum atomic E-state index is 13.6. The lowest BCUT2D eigenvalue weighted by Crippen LogP contribution is -2.53. The number of amides is 1. The fourth-order valence-electron chi connectivity index (χ4n) is 3.52. The molecule has 1 aliphatic rings. The van der Waals surface area contributed by atoms with Gasteiger partial charge in [-0.15, -0.1) is 0 Å². The summed E-state index contributed by atoms with van der Waals surface area (Å²) in [5.41, 5.74) is 7.94. The van der Waals surface area contributed by atoms with E-state index in [1.165, 1.54) is 6.07 Å². The lowest BCUT2D eigenvalue weighted by molar-refractivity contribution is 0.0888. The molecule has 1 aromatic heterocycles. The van der Waals surface area contributed by atoms with Gasteiger partial charge >= 0.3 is 0 Å². The summed E-state index contributed by atoms with van der Waals surface area (Å²) < 4.78 is 28.4. The number of rotatable bonds is 6. The van der Waals surface area contributed by atoms with Crippen LogP contribution in [-0.4, -0.2) is 27.8 Å². The minimum Gasteiger partial charge on any atom is -0.344 e. The molecular formula is C19H24F2N4O. The Balaban J connectivity index is 1.99. The molecular weight excluding hydrogens is 338 g/mol. The molecule has 0 bridgehead atoms. The molecule has 0 saturated heterocycles. The van der Waals surface area contributed by atoms with E-state index in [1.54, 1.807) is 4.68 Å². The van der Waals surface area contributed by atoms with Crippen LogP contribution in [0, 0.1) is 11.6 Å². The summed E-state index contributed by atoms with van der Waals surface area (Å²) >= 11 is 0. The number of benzene rings is 1. The number of hydrogen-bond donors (Lipinski definition) is 2. The van der Waals surface area contributed by atoms with Gasteiger partial charge < -0.3 is 11.1 Å². The van der Waals surface area contributed by atoms with Crippen LogP contribution in [0.2, 0.25) is 0 Å². The first kappa shape index (κ1) is 18.5. The molecule has 0 unspecified atom stereocenters. The number of nitrogens with one attached hydrogen (secondary N) is 1. The second kappa shape index (κ2) is 7.15. The van der Waals surface area contributed by atoms with Crippen LogP contribution in [0.25, 0.3) is 5.69 Å². The van der Waals surface area contributed by atoms with E-state index < -0.39 is 17.2 Å². The third kappa shape index (κ3) is 3.11. The van der Waals surface area contributed by atoms with Gasteiger partial charge in [-0.25, -0.2) is 13.5 Å². The zero-order valence-corrected chi connectivity index (χ0v) is 15.1. The van der Waals surface area contributed by atoms with Gasteiger partial charge in [-0.05, 0) is 44.2 Å². The minimum absolute atomic E-state index is 0.265. The molecule has 5 nitrogen and oxygen atoms in total. The van der Waals surface area contributed by atoms with Crippen LogP contribution in [0.5, 0.6) is 0 Å². The van der Waals surface area contributed by atoms with E-state index in [4.69, 9.17) is 5.73 Å². The van der Waals surface area contributed by atoms with E-state index in [0.29, 0.717) is 17.9 Å². The van der Waals surface area contributed by atoms with Gasteiger partial charge in [0.1, 0.15) is 0 Å². The summed E-state index contributed by atoms with van der Waals surface area (Å²) in [4.78, 5) is 12.9. The molecule has 1 aliphatic carbocycles. The smallest absolute Gasteiger partial charge is 0.272 e. The highest BCUT2D eigenvalue weighted by Crippen LogP contribution is 2.29.